The van der Waals surface area contributed by atoms with Crippen molar-refractivity contribution in [1.29, 1.82) is 0 Å². The second-order valence-electron chi connectivity index (χ2n) is 5.44. The van der Waals surface area contributed by atoms with Crippen LogP contribution in [0.25, 0.3) is 0 Å². The number of rotatable bonds is 1. The topological polar surface area (TPSA) is 61.4 Å². The molecule has 2 amide bonds. The summed E-state index contributed by atoms with van der Waals surface area (Å²) in [4.78, 5) is 25.8. The van der Waals surface area contributed by atoms with Gasteiger partial charge in [-0.3, -0.25) is 9.59 Å². The molecule has 0 atom stereocenters. The molecule has 0 radical (unpaired) electrons. The highest BCUT2D eigenvalue weighted by molar-refractivity contribution is 6.02. The molecule has 2 aliphatic rings. The molecule has 2 N–H and O–H groups in total. The first-order valence-electron chi connectivity index (χ1n) is 7.11. The lowest BCUT2D eigenvalue weighted by atomic mass is 9.92. The van der Waals surface area contributed by atoms with E-state index in [-0.39, 0.29) is 11.8 Å². The third-order valence-corrected chi connectivity index (χ3v) is 4.17. The minimum atomic E-state index is -0.407. The van der Waals surface area contributed by atoms with Crippen molar-refractivity contribution < 1.29 is 9.59 Å². The number of nitrogens with zero attached hydrogens (tertiary/aromatic N) is 1. The molecule has 106 valence electrons. The van der Waals surface area contributed by atoms with Gasteiger partial charge < -0.3 is 15.5 Å². The van der Waals surface area contributed by atoms with Crippen molar-refractivity contribution in [3.05, 3.63) is 29.8 Å². The van der Waals surface area contributed by atoms with Gasteiger partial charge in [0.25, 0.3) is 5.91 Å². The highest BCUT2D eigenvalue weighted by Gasteiger charge is 2.40. The Kier molecular flexibility index (Phi) is 3.12. The number of carbonyl (C=O) groups is 2. The zero-order valence-electron chi connectivity index (χ0n) is 11.6. The average Bonchev–Trinajstić information content (AvgIpc) is 2.47. The van der Waals surface area contributed by atoms with Gasteiger partial charge in [-0.05, 0) is 12.1 Å². The Morgan fingerprint density at radius 3 is 2.65 bits per heavy atom. The molecule has 0 aliphatic carbocycles. The van der Waals surface area contributed by atoms with Crippen LogP contribution in [0.4, 0.5) is 5.69 Å². The van der Waals surface area contributed by atoms with Crippen LogP contribution in [-0.4, -0.2) is 35.5 Å². The van der Waals surface area contributed by atoms with E-state index in [1.54, 1.807) is 0 Å². The molecule has 20 heavy (non-hydrogen) atoms. The summed E-state index contributed by atoms with van der Waals surface area (Å²) in [6.45, 7) is 3.24. The number of anilines is 1. The first-order chi connectivity index (χ1) is 9.63. The molecule has 1 saturated heterocycles. The molecule has 1 aromatic rings. The Balaban J connectivity index is 1.77. The molecule has 1 spiro atoms. The van der Waals surface area contributed by atoms with Crippen molar-refractivity contribution >= 4 is 17.5 Å². The van der Waals surface area contributed by atoms with Crippen molar-refractivity contribution in [2.45, 2.75) is 31.8 Å². The molecule has 1 aromatic carbocycles. The number of amides is 2. The highest BCUT2D eigenvalue weighted by atomic mass is 16.2. The fraction of sp³-hybridized carbons (Fsp3) is 0.467. The van der Waals surface area contributed by atoms with Crippen LogP contribution in [0.15, 0.2) is 24.3 Å². The SMILES string of the molecule is CCC(=O)N1CCC2(CC1)NC(=O)c1ccccc1N2. The summed E-state index contributed by atoms with van der Waals surface area (Å²) < 4.78 is 0. The number of carbonyl (C=O) groups excluding carboxylic acids is 2. The van der Waals surface area contributed by atoms with Gasteiger partial charge in [0.1, 0.15) is 5.66 Å². The fourth-order valence-corrected chi connectivity index (χ4v) is 2.98. The predicted molar refractivity (Wildman–Crippen MR) is 76.4 cm³/mol. The fourth-order valence-electron chi connectivity index (χ4n) is 2.98. The lowest BCUT2D eigenvalue weighted by molar-refractivity contribution is -0.132. The van der Waals surface area contributed by atoms with Crippen LogP contribution in [0, 0.1) is 0 Å². The van der Waals surface area contributed by atoms with Gasteiger partial charge in [-0.1, -0.05) is 19.1 Å². The Morgan fingerprint density at radius 2 is 1.95 bits per heavy atom. The molecule has 5 nitrogen and oxygen atoms in total. The van der Waals surface area contributed by atoms with Gasteiger partial charge in [0.2, 0.25) is 5.91 Å². The Hall–Kier alpha value is -2.04. The molecule has 0 saturated carbocycles. The maximum absolute atomic E-state index is 12.2. The van der Waals surface area contributed by atoms with E-state index in [0.29, 0.717) is 25.1 Å². The number of fused-ring (bicyclic) bond motifs is 1. The number of hydrogen-bond donors (Lipinski definition) is 2. The molecule has 2 heterocycles. The van der Waals surface area contributed by atoms with Gasteiger partial charge in [0, 0.05) is 38.0 Å². The van der Waals surface area contributed by atoms with Crippen molar-refractivity contribution in [3.8, 4) is 0 Å². The third-order valence-electron chi connectivity index (χ3n) is 4.17. The highest BCUT2D eigenvalue weighted by Crippen LogP contribution is 2.31. The lowest BCUT2D eigenvalue weighted by Crippen LogP contribution is -2.62. The molecular weight excluding hydrogens is 254 g/mol. The van der Waals surface area contributed by atoms with Gasteiger partial charge >= 0.3 is 0 Å². The zero-order valence-corrected chi connectivity index (χ0v) is 11.6. The Labute approximate surface area is 118 Å². The number of benzene rings is 1. The van der Waals surface area contributed by atoms with E-state index < -0.39 is 5.66 Å². The van der Waals surface area contributed by atoms with Crippen LogP contribution in [0.2, 0.25) is 0 Å². The first-order valence-corrected chi connectivity index (χ1v) is 7.11. The van der Waals surface area contributed by atoms with Crippen molar-refractivity contribution in [1.82, 2.24) is 10.2 Å². The van der Waals surface area contributed by atoms with E-state index in [1.807, 2.05) is 36.1 Å². The molecular formula is C15H19N3O2. The third kappa shape index (κ3) is 2.13. The summed E-state index contributed by atoms with van der Waals surface area (Å²) in [6, 6.07) is 7.54. The molecule has 0 bridgehead atoms. The minimum absolute atomic E-state index is 0.0328. The summed E-state index contributed by atoms with van der Waals surface area (Å²) in [5, 5.41) is 6.53. The molecule has 5 heteroatoms. The van der Waals surface area contributed by atoms with E-state index in [4.69, 9.17) is 0 Å². The standard InChI is InChI=1S/C15H19N3O2/c1-2-13(19)18-9-7-15(8-10-18)16-12-6-4-3-5-11(12)14(20)17-15/h3-6,16H,2,7-10H2,1H3,(H,17,20). The quantitative estimate of drug-likeness (QED) is 0.816. The van der Waals surface area contributed by atoms with Crippen LogP contribution >= 0.6 is 0 Å². The second-order valence-corrected chi connectivity index (χ2v) is 5.44. The van der Waals surface area contributed by atoms with E-state index >= 15 is 0 Å². The molecule has 2 aliphatic heterocycles. The van der Waals surface area contributed by atoms with Crippen LogP contribution in [0.3, 0.4) is 0 Å². The smallest absolute Gasteiger partial charge is 0.255 e. The van der Waals surface area contributed by atoms with Crippen LogP contribution < -0.4 is 10.6 Å². The average molecular weight is 273 g/mol. The Morgan fingerprint density at radius 1 is 1.25 bits per heavy atom. The zero-order chi connectivity index (χ0) is 14.2. The van der Waals surface area contributed by atoms with Crippen LogP contribution in [0.5, 0.6) is 0 Å². The molecule has 0 aromatic heterocycles. The molecule has 3 rings (SSSR count). The summed E-state index contributed by atoms with van der Waals surface area (Å²) in [5.41, 5.74) is 1.16. The Bertz CT molecular complexity index is 548. The number of nitrogens with one attached hydrogen (secondary N) is 2. The normalized spacial score (nSPS) is 20.1. The van der Waals surface area contributed by atoms with E-state index in [9.17, 15) is 9.59 Å². The summed E-state index contributed by atoms with van der Waals surface area (Å²) in [7, 11) is 0. The number of para-hydroxylation sites is 1. The van der Waals surface area contributed by atoms with E-state index in [1.165, 1.54) is 0 Å². The molecule has 0 unspecified atom stereocenters. The minimum Gasteiger partial charge on any atom is -0.362 e. The summed E-state index contributed by atoms with van der Waals surface area (Å²) in [6.07, 6.45) is 2.01. The maximum Gasteiger partial charge on any atom is 0.255 e. The van der Waals surface area contributed by atoms with E-state index in [0.717, 1.165) is 18.5 Å². The number of hydrogen-bond acceptors (Lipinski definition) is 3. The van der Waals surface area contributed by atoms with E-state index in [2.05, 4.69) is 10.6 Å². The number of likely N-dealkylation sites (tertiary alicyclic amines) is 1. The van der Waals surface area contributed by atoms with Crippen LogP contribution in [-0.2, 0) is 4.79 Å². The summed E-state index contributed by atoms with van der Waals surface area (Å²) in [5.74, 6) is 0.150. The monoisotopic (exact) mass is 273 g/mol. The van der Waals surface area contributed by atoms with Crippen molar-refractivity contribution in [2.24, 2.45) is 0 Å². The maximum atomic E-state index is 12.2. The second kappa shape index (κ2) is 4.81. The van der Waals surface area contributed by atoms with Gasteiger partial charge in [-0.2, -0.15) is 0 Å². The van der Waals surface area contributed by atoms with Crippen LogP contribution in [0.1, 0.15) is 36.5 Å². The van der Waals surface area contributed by atoms with Gasteiger partial charge in [-0.25, -0.2) is 0 Å². The first kappa shape index (κ1) is 13.0. The predicted octanol–water partition coefficient (Wildman–Crippen LogP) is 1.57. The number of piperidine rings is 1. The molecule has 1 fully saturated rings. The van der Waals surface area contributed by atoms with Gasteiger partial charge in [0.05, 0.1) is 5.56 Å². The summed E-state index contributed by atoms with van der Waals surface area (Å²) >= 11 is 0. The van der Waals surface area contributed by atoms with Crippen molar-refractivity contribution in [3.63, 3.8) is 0 Å². The largest absolute Gasteiger partial charge is 0.362 e. The van der Waals surface area contributed by atoms with Gasteiger partial charge in [-0.15, -0.1) is 0 Å². The van der Waals surface area contributed by atoms with Gasteiger partial charge in [0.15, 0.2) is 0 Å². The lowest BCUT2D eigenvalue weighted by Gasteiger charge is -2.45. The van der Waals surface area contributed by atoms with Crippen molar-refractivity contribution in [2.75, 3.05) is 18.4 Å².